The van der Waals surface area contributed by atoms with E-state index in [0.717, 1.165) is 49.1 Å². The van der Waals surface area contributed by atoms with E-state index in [1.807, 2.05) is 65.2 Å². The molecule has 0 fully saturated rings. The number of aromatic nitrogens is 1. The molecule has 1 aromatic heterocycles. The van der Waals surface area contributed by atoms with Crippen molar-refractivity contribution >= 4 is 11.3 Å². The highest BCUT2D eigenvalue weighted by Crippen LogP contribution is 2.41. The first-order valence-electron chi connectivity index (χ1n) is 11.0. The highest BCUT2D eigenvalue weighted by atomic mass is 32.1. The predicted octanol–water partition coefficient (Wildman–Crippen LogP) is 4.80. The Labute approximate surface area is 188 Å². The van der Waals surface area contributed by atoms with Crippen LogP contribution in [0.3, 0.4) is 0 Å². The molecule has 1 atom stereocenters. The van der Waals surface area contributed by atoms with Gasteiger partial charge in [0.15, 0.2) is 5.88 Å². The highest BCUT2D eigenvalue weighted by Gasteiger charge is 2.43. The second-order valence-corrected chi connectivity index (χ2v) is 9.11. The van der Waals surface area contributed by atoms with E-state index in [2.05, 4.69) is 18.8 Å². The lowest BCUT2D eigenvalue weighted by atomic mass is 9.75. The third-order valence-corrected chi connectivity index (χ3v) is 7.53. The Kier molecular flexibility index (Phi) is 6.53. The quantitative estimate of drug-likeness (QED) is 0.332. The van der Waals surface area contributed by atoms with Gasteiger partial charge in [-0.1, -0.05) is 67.3 Å². The van der Waals surface area contributed by atoms with E-state index in [9.17, 15) is 9.90 Å². The first kappa shape index (κ1) is 21.3. The van der Waals surface area contributed by atoms with Crippen molar-refractivity contribution in [1.29, 1.82) is 0 Å². The molecule has 0 bridgehead atoms. The van der Waals surface area contributed by atoms with E-state index in [1.165, 1.54) is 11.3 Å². The Balaban J connectivity index is 1.60. The van der Waals surface area contributed by atoms with Gasteiger partial charge >= 0.3 is 0 Å². The van der Waals surface area contributed by atoms with Gasteiger partial charge in [-0.25, -0.2) is 0 Å². The number of fused-ring (bicyclic) bond motifs is 1. The normalized spacial score (nSPS) is 17.5. The van der Waals surface area contributed by atoms with Crippen LogP contribution in [0.1, 0.15) is 56.0 Å². The standard InChI is InChI=1S/C27H27NO2S/c1-2-27(18-11-5-8-15-21-13-6-3-7-14-21)19-12-20-28-24(29)23(25(30)31-26(27)28)22-16-9-4-10-17-22/h3-4,6-7,9-10,13-14,16-17H,2,5,11-12,18-20H2,1H3. The van der Waals surface area contributed by atoms with Gasteiger partial charge in [0.05, 0.1) is 11.0 Å². The Morgan fingerprint density at radius 3 is 2.52 bits per heavy atom. The van der Waals surface area contributed by atoms with E-state index >= 15 is 0 Å². The van der Waals surface area contributed by atoms with Crippen molar-refractivity contribution in [3.05, 3.63) is 80.8 Å². The summed E-state index contributed by atoms with van der Waals surface area (Å²) < 4.78 is 1.77. The van der Waals surface area contributed by atoms with E-state index < -0.39 is 0 Å². The summed E-state index contributed by atoms with van der Waals surface area (Å²) in [7, 11) is 0. The first-order valence-corrected chi connectivity index (χ1v) is 11.8. The molecule has 1 aliphatic heterocycles. The van der Waals surface area contributed by atoms with E-state index in [1.54, 1.807) is 0 Å². The minimum atomic E-state index is -0.133. The maximum Gasteiger partial charge on any atom is 0.251 e. The first-order chi connectivity index (χ1) is 15.1. The van der Waals surface area contributed by atoms with Gasteiger partial charge < -0.3 is 5.11 Å². The van der Waals surface area contributed by atoms with Crippen molar-refractivity contribution in [1.82, 2.24) is 0 Å². The number of hydrogen-bond acceptors (Lipinski definition) is 3. The topological polar surface area (TPSA) is 44.0 Å². The lowest BCUT2D eigenvalue weighted by molar-refractivity contribution is -0.746. The van der Waals surface area contributed by atoms with E-state index in [0.29, 0.717) is 17.7 Å². The molecular formula is C27H27NO2S. The van der Waals surface area contributed by atoms with Crippen LogP contribution >= 0.6 is 11.3 Å². The zero-order valence-corrected chi connectivity index (χ0v) is 18.7. The van der Waals surface area contributed by atoms with Crippen LogP contribution in [0.15, 0.2) is 65.5 Å². The molecule has 3 aromatic rings. The maximum absolute atomic E-state index is 13.3. The van der Waals surface area contributed by atoms with Crippen LogP contribution < -0.4 is 14.4 Å². The molecular weight excluding hydrogens is 402 g/mol. The third kappa shape index (κ3) is 4.43. The van der Waals surface area contributed by atoms with Crippen molar-refractivity contribution in [2.45, 2.75) is 57.4 Å². The summed E-state index contributed by atoms with van der Waals surface area (Å²) >= 11 is 1.28. The minimum absolute atomic E-state index is 0.106. The van der Waals surface area contributed by atoms with Crippen molar-refractivity contribution in [2.24, 2.45) is 0 Å². The van der Waals surface area contributed by atoms with Crippen LogP contribution in [0.2, 0.25) is 0 Å². The number of nitrogens with zero attached hydrogens (tertiary/aromatic N) is 1. The van der Waals surface area contributed by atoms with Gasteiger partial charge in [-0.2, -0.15) is 4.57 Å². The molecule has 31 heavy (non-hydrogen) atoms. The van der Waals surface area contributed by atoms with Gasteiger partial charge in [0.2, 0.25) is 5.01 Å². The van der Waals surface area contributed by atoms with Crippen molar-refractivity contribution in [3.8, 4) is 28.8 Å². The second-order valence-electron chi connectivity index (χ2n) is 8.15. The third-order valence-electron chi connectivity index (χ3n) is 6.29. The second kappa shape index (κ2) is 9.49. The Bertz CT molecular complexity index is 1160. The minimum Gasteiger partial charge on any atom is -0.823 e. The van der Waals surface area contributed by atoms with Gasteiger partial charge in [-0.05, 0) is 54.7 Å². The molecule has 4 heteroatoms. The smallest absolute Gasteiger partial charge is 0.251 e. The molecule has 4 rings (SSSR count). The number of unbranched alkanes of at least 4 members (excludes halogenated alkanes) is 1. The van der Waals surface area contributed by atoms with E-state index in [-0.39, 0.29) is 16.0 Å². The lowest BCUT2D eigenvalue weighted by Crippen LogP contribution is -2.52. The predicted molar refractivity (Wildman–Crippen MR) is 124 cm³/mol. The Morgan fingerprint density at radius 1 is 1.10 bits per heavy atom. The van der Waals surface area contributed by atoms with Crippen molar-refractivity contribution < 1.29 is 9.67 Å². The molecule has 0 amide bonds. The summed E-state index contributed by atoms with van der Waals surface area (Å²) in [6.07, 6.45) is 5.65. The summed E-state index contributed by atoms with van der Waals surface area (Å²) in [6, 6.07) is 19.4. The van der Waals surface area contributed by atoms with Gasteiger partial charge in [0.25, 0.3) is 4.74 Å². The SMILES string of the molecule is CCC1(CCCC#Cc2ccccc2)CCC[n+]2c1sc(=O)c(-c1ccccc1)c2[O-]. The molecule has 3 nitrogen and oxygen atoms in total. The summed E-state index contributed by atoms with van der Waals surface area (Å²) in [5, 5.41) is 14.3. The summed E-state index contributed by atoms with van der Waals surface area (Å²) in [5.74, 6) is 6.37. The molecule has 0 aliphatic carbocycles. The molecule has 0 N–H and O–H groups in total. The summed E-state index contributed by atoms with van der Waals surface area (Å²) in [6.45, 7) is 2.87. The van der Waals surface area contributed by atoms with Crippen LogP contribution in [0.4, 0.5) is 0 Å². The van der Waals surface area contributed by atoms with Gasteiger partial charge in [-0.15, -0.1) is 0 Å². The van der Waals surface area contributed by atoms with Crippen LogP contribution in [0.25, 0.3) is 11.1 Å². The Morgan fingerprint density at radius 2 is 1.81 bits per heavy atom. The number of benzene rings is 2. The monoisotopic (exact) mass is 429 g/mol. The zero-order valence-electron chi connectivity index (χ0n) is 17.9. The van der Waals surface area contributed by atoms with Gasteiger partial charge in [-0.3, -0.25) is 4.79 Å². The molecule has 0 radical (unpaired) electrons. The fourth-order valence-corrected chi connectivity index (χ4v) is 5.90. The molecule has 2 aromatic carbocycles. The van der Waals surface area contributed by atoms with Crippen LogP contribution in [-0.4, -0.2) is 0 Å². The molecule has 0 spiro atoms. The Hall–Kier alpha value is -2.90. The lowest BCUT2D eigenvalue weighted by Gasteiger charge is -2.34. The van der Waals surface area contributed by atoms with Crippen molar-refractivity contribution in [3.63, 3.8) is 0 Å². The molecule has 0 saturated heterocycles. The zero-order chi connectivity index (χ0) is 21.7. The van der Waals surface area contributed by atoms with Crippen LogP contribution in [0.5, 0.6) is 5.88 Å². The number of hydrogen-bond donors (Lipinski definition) is 0. The fraction of sp³-hybridized carbons (Fsp3) is 0.333. The fourth-order valence-electron chi connectivity index (χ4n) is 4.57. The van der Waals surface area contributed by atoms with Crippen LogP contribution in [-0.2, 0) is 12.0 Å². The molecule has 1 unspecified atom stereocenters. The molecule has 2 heterocycles. The molecule has 158 valence electrons. The van der Waals surface area contributed by atoms with Crippen LogP contribution in [0, 0.1) is 11.8 Å². The molecule has 0 saturated carbocycles. The van der Waals surface area contributed by atoms with E-state index in [4.69, 9.17) is 0 Å². The average Bonchev–Trinajstić information content (AvgIpc) is 2.81. The largest absolute Gasteiger partial charge is 0.823 e. The maximum atomic E-state index is 13.3. The average molecular weight is 430 g/mol. The van der Waals surface area contributed by atoms with Gasteiger partial charge in [0, 0.05) is 18.4 Å². The highest BCUT2D eigenvalue weighted by molar-refractivity contribution is 7.09. The molecule has 1 aliphatic rings. The van der Waals surface area contributed by atoms with Gasteiger partial charge in [0.1, 0.15) is 6.54 Å². The number of rotatable bonds is 5. The summed E-state index contributed by atoms with van der Waals surface area (Å²) in [4.78, 5) is 13.0. The van der Waals surface area contributed by atoms with Crippen molar-refractivity contribution in [2.75, 3.05) is 0 Å². The summed E-state index contributed by atoms with van der Waals surface area (Å²) in [5.41, 5.74) is 1.96.